The first-order valence-corrected chi connectivity index (χ1v) is 10.5. The smallest absolute Gasteiger partial charge is 0.310 e. The SMILES string of the molecule is CCC(C(=O)O)c1ccccc1.O=C(CCCCCCC(=O)Nc1ccccc1)NO. The number of para-hydroxylation sites is 1. The number of carbonyl (C=O) groups is 3. The summed E-state index contributed by atoms with van der Waals surface area (Å²) in [5.41, 5.74) is 3.29. The molecule has 1 unspecified atom stereocenters. The summed E-state index contributed by atoms with van der Waals surface area (Å²) in [5, 5.41) is 19.9. The van der Waals surface area contributed by atoms with Crippen molar-refractivity contribution in [1.29, 1.82) is 0 Å². The van der Waals surface area contributed by atoms with Crippen LogP contribution in [-0.4, -0.2) is 28.1 Å². The lowest BCUT2D eigenvalue weighted by molar-refractivity contribution is -0.138. The van der Waals surface area contributed by atoms with Gasteiger partial charge in [0.05, 0.1) is 5.92 Å². The van der Waals surface area contributed by atoms with Crippen molar-refractivity contribution in [3.05, 3.63) is 66.2 Å². The Kier molecular flexibility index (Phi) is 13.0. The molecule has 0 aliphatic carbocycles. The molecule has 0 aromatic heterocycles. The van der Waals surface area contributed by atoms with Gasteiger partial charge in [-0.3, -0.25) is 19.6 Å². The van der Waals surface area contributed by atoms with Gasteiger partial charge in [0.15, 0.2) is 0 Å². The fourth-order valence-electron chi connectivity index (χ4n) is 2.96. The van der Waals surface area contributed by atoms with E-state index in [-0.39, 0.29) is 17.7 Å². The number of anilines is 1. The monoisotopic (exact) mass is 428 g/mol. The van der Waals surface area contributed by atoms with Gasteiger partial charge in [-0.05, 0) is 37.0 Å². The first-order valence-electron chi connectivity index (χ1n) is 10.5. The number of unbranched alkanes of at least 4 members (excludes halogenated alkanes) is 3. The summed E-state index contributed by atoms with van der Waals surface area (Å²) >= 11 is 0. The Morgan fingerprint density at radius 2 is 1.32 bits per heavy atom. The Bertz CT molecular complexity index is 781. The molecule has 31 heavy (non-hydrogen) atoms. The Morgan fingerprint density at radius 1 is 0.806 bits per heavy atom. The van der Waals surface area contributed by atoms with Crippen LogP contribution in [0.5, 0.6) is 0 Å². The molecular formula is C24H32N2O5. The summed E-state index contributed by atoms with van der Waals surface area (Å²) < 4.78 is 0. The average Bonchev–Trinajstić information content (AvgIpc) is 2.78. The number of benzene rings is 2. The quantitative estimate of drug-likeness (QED) is 0.234. The highest BCUT2D eigenvalue weighted by atomic mass is 16.5. The Morgan fingerprint density at radius 3 is 1.81 bits per heavy atom. The van der Waals surface area contributed by atoms with E-state index in [0.29, 0.717) is 19.3 Å². The molecule has 1 atom stereocenters. The number of nitrogens with one attached hydrogen (secondary N) is 2. The van der Waals surface area contributed by atoms with Crippen LogP contribution in [0, 0.1) is 0 Å². The Balaban J connectivity index is 0.000000343. The summed E-state index contributed by atoms with van der Waals surface area (Å²) in [6.07, 6.45) is 4.77. The van der Waals surface area contributed by atoms with Crippen molar-refractivity contribution in [1.82, 2.24) is 5.48 Å². The zero-order valence-electron chi connectivity index (χ0n) is 17.9. The highest BCUT2D eigenvalue weighted by molar-refractivity contribution is 5.90. The van der Waals surface area contributed by atoms with E-state index in [0.717, 1.165) is 36.9 Å². The van der Waals surface area contributed by atoms with Gasteiger partial charge in [0.2, 0.25) is 11.8 Å². The lowest BCUT2D eigenvalue weighted by atomic mass is 9.97. The lowest BCUT2D eigenvalue weighted by Gasteiger charge is -2.08. The maximum Gasteiger partial charge on any atom is 0.310 e. The Labute approximate surface area is 183 Å². The van der Waals surface area contributed by atoms with Crippen molar-refractivity contribution in [2.75, 3.05) is 5.32 Å². The highest BCUT2D eigenvalue weighted by Crippen LogP contribution is 2.18. The molecule has 0 saturated carbocycles. The molecule has 7 heteroatoms. The lowest BCUT2D eigenvalue weighted by Crippen LogP contribution is -2.17. The van der Waals surface area contributed by atoms with Crippen LogP contribution in [-0.2, 0) is 14.4 Å². The van der Waals surface area contributed by atoms with Crippen LogP contribution in [0.15, 0.2) is 60.7 Å². The van der Waals surface area contributed by atoms with E-state index < -0.39 is 5.97 Å². The maximum atomic E-state index is 11.6. The number of hydroxylamine groups is 1. The molecule has 0 heterocycles. The molecule has 2 aromatic carbocycles. The van der Waals surface area contributed by atoms with E-state index in [9.17, 15) is 14.4 Å². The van der Waals surface area contributed by atoms with Gasteiger partial charge in [0.25, 0.3) is 0 Å². The van der Waals surface area contributed by atoms with Crippen molar-refractivity contribution in [3.63, 3.8) is 0 Å². The van der Waals surface area contributed by atoms with Gasteiger partial charge in [-0.25, -0.2) is 5.48 Å². The predicted molar refractivity (Wildman–Crippen MR) is 120 cm³/mol. The minimum Gasteiger partial charge on any atom is -0.481 e. The average molecular weight is 429 g/mol. The van der Waals surface area contributed by atoms with Crippen LogP contribution in [0.2, 0.25) is 0 Å². The number of carbonyl (C=O) groups excluding carboxylic acids is 2. The van der Waals surface area contributed by atoms with E-state index in [1.807, 2.05) is 67.6 Å². The van der Waals surface area contributed by atoms with Crippen molar-refractivity contribution in [3.8, 4) is 0 Å². The molecule has 0 fully saturated rings. The van der Waals surface area contributed by atoms with Gasteiger partial charge in [-0.1, -0.05) is 68.3 Å². The second kappa shape index (κ2) is 15.6. The molecule has 2 amide bonds. The highest BCUT2D eigenvalue weighted by Gasteiger charge is 2.16. The largest absolute Gasteiger partial charge is 0.481 e. The normalized spacial score (nSPS) is 10.9. The minimum atomic E-state index is -0.747. The summed E-state index contributed by atoms with van der Waals surface area (Å²) in [4.78, 5) is 33.1. The summed E-state index contributed by atoms with van der Waals surface area (Å²) in [6, 6.07) is 18.7. The molecule has 0 spiro atoms. The van der Waals surface area contributed by atoms with Gasteiger partial charge in [-0.2, -0.15) is 0 Å². The van der Waals surface area contributed by atoms with Crippen LogP contribution in [0.4, 0.5) is 5.69 Å². The summed E-state index contributed by atoms with van der Waals surface area (Å²) in [5.74, 6) is -1.45. The maximum absolute atomic E-state index is 11.6. The standard InChI is InChI=1S/C14H20N2O3.C10H12O2/c17-13(15-12-8-4-3-5-9-12)10-6-1-2-7-11-14(18)16-19;1-2-9(10(11)12)8-6-4-3-5-7-8/h3-5,8-9,19H,1-2,6-7,10-11H2,(H,15,17)(H,16,18);3-7,9H,2H2,1H3,(H,11,12). The number of hydrogen-bond donors (Lipinski definition) is 4. The Hall–Kier alpha value is -3.19. The zero-order chi connectivity index (χ0) is 22.9. The number of amides is 2. The van der Waals surface area contributed by atoms with Crippen LogP contribution >= 0.6 is 0 Å². The molecule has 0 aliphatic heterocycles. The topological polar surface area (TPSA) is 116 Å². The van der Waals surface area contributed by atoms with Gasteiger partial charge >= 0.3 is 5.97 Å². The van der Waals surface area contributed by atoms with Crippen molar-refractivity contribution < 1.29 is 24.7 Å². The van der Waals surface area contributed by atoms with Crippen molar-refractivity contribution >= 4 is 23.5 Å². The molecule has 168 valence electrons. The van der Waals surface area contributed by atoms with E-state index in [1.165, 1.54) is 0 Å². The van der Waals surface area contributed by atoms with Crippen LogP contribution in [0.1, 0.15) is 63.4 Å². The molecule has 2 rings (SSSR count). The first-order chi connectivity index (χ1) is 15.0. The summed E-state index contributed by atoms with van der Waals surface area (Å²) in [7, 11) is 0. The number of carboxylic acid groups (broad SMARTS) is 1. The van der Waals surface area contributed by atoms with E-state index in [2.05, 4.69) is 5.32 Å². The van der Waals surface area contributed by atoms with Crippen molar-refractivity contribution in [2.24, 2.45) is 0 Å². The third-order valence-electron chi connectivity index (χ3n) is 4.65. The molecule has 7 nitrogen and oxygen atoms in total. The first kappa shape index (κ1) is 25.8. The van der Waals surface area contributed by atoms with Crippen LogP contribution < -0.4 is 10.8 Å². The second-order valence-corrected chi connectivity index (χ2v) is 7.07. The predicted octanol–water partition coefficient (Wildman–Crippen LogP) is 4.74. The third-order valence-corrected chi connectivity index (χ3v) is 4.65. The molecule has 2 aromatic rings. The minimum absolute atomic E-state index is 0.0132. The number of rotatable bonds is 11. The molecular weight excluding hydrogens is 396 g/mol. The molecule has 0 bridgehead atoms. The van der Waals surface area contributed by atoms with E-state index in [1.54, 1.807) is 5.48 Å². The summed E-state index contributed by atoms with van der Waals surface area (Å²) in [6.45, 7) is 1.88. The second-order valence-electron chi connectivity index (χ2n) is 7.07. The van der Waals surface area contributed by atoms with E-state index >= 15 is 0 Å². The number of aliphatic carboxylic acids is 1. The third kappa shape index (κ3) is 11.5. The zero-order valence-corrected chi connectivity index (χ0v) is 17.9. The molecule has 0 aliphatic rings. The van der Waals surface area contributed by atoms with Gasteiger partial charge in [0.1, 0.15) is 0 Å². The molecule has 0 saturated heterocycles. The van der Waals surface area contributed by atoms with Crippen molar-refractivity contribution in [2.45, 2.75) is 57.8 Å². The van der Waals surface area contributed by atoms with E-state index in [4.69, 9.17) is 10.3 Å². The van der Waals surface area contributed by atoms with Gasteiger partial charge in [0, 0.05) is 18.5 Å². The van der Waals surface area contributed by atoms with Gasteiger partial charge < -0.3 is 10.4 Å². The number of carboxylic acids is 1. The number of hydrogen-bond acceptors (Lipinski definition) is 4. The fraction of sp³-hybridized carbons (Fsp3) is 0.375. The molecule has 4 N–H and O–H groups in total. The van der Waals surface area contributed by atoms with Crippen LogP contribution in [0.3, 0.4) is 0 Å². The van der Waals surface area contributed by atoms with Gasteiger partial charge in [-0.15, -0.1) is 0 Å². The fourth-order valence-corrected chi connectivity index (χ4v) is 2.96. The van der Waals surface area contributed by atoms with Crippen LogP contribution in [0.25, 0.3) is 0 Å². The molecule has 0 radical (unpaired) electrons.